The molecule has 1 atom stereocenters. The zero-order valence-corrected chi connectivity index (χ0v) is 15.1. The number of carbonyl (C=O) groups excluding carboxylic acids is 2. The first-order valence-electron chi connectivity index (χ1n) is 7.91. The summed E-state index contributed by atoms with van der Waals surface area (Å²) in [4.78, 5) is 23.8. The Bertz CT molecular complexity index is 759. The predicted octanol–water partition coefficient (Wildman–Crippen LogP) is 4.23. The van der Waals surface area contributed by atoms with Gasteiger partial charge in [0, 0.05) is 10.7 Å². The molecule has 0 fully saturated rings. The summed E-state index contributed by atoms with van der Waals surface area (Å²) < 4.78 is 10.5. The van der Waals surface area contributed by atoms with Gasteiger partial charge in [-0.2, -0.15) is 0 Å². The number of carbonyl (C=O) groups is 2. The van der Waals surface area contributed by atoms with Crippen molar-refractivity contribution < 1.29 is 19.1 Å². The molecule has 0 aliphatic carbocycles. The number of rotatable bonds is 6. The summed E-state index contributed by atoms with van der Waals surface area (Å²) in [6.45, 7) is 5.59. The first-order valence-corrected chi connectivity index (χ1v) is 8.29. The summed E-state index contributed by atoms with van der Waals surface area (Å²) in [6.07, 6.45) is -0.690. The SMILES string of the molecule is CCOC(=O)c1ccc(NC(=O)[C@H](C)Oc2ccc(Cl)c(C)c2)cc1. The molecule has 0 saturated heterocycles. The molecule has 1 amide bonds. The van der Waals surface area contributed by atoms with E-state index in [0.717, 1.165) is 5.56 Å². The Morgan fingerprint density at radius 2 is 1.84 bits per heavy atom. The van der Waals surface area contributed by atoms with Gasteiger partial charge in [0.2, 0.25) is 0 Å². The number of amides is 1. The Morgan fingerprint density at radius 3 is 2.44 bits per heavy atom. The van der Waals surface area contributed by atoms with Crippen LogP contribution in [0.2, 0.25) is 5.02 Å². The van der Waals surface area contributed by atoms with E-state index in [0.29, 0.717) is 28.6 Å². The minimum Gasteiger partial charge on any atom is -0.481 e. The summed E-state index contributed by atoms with van der Waals surface area (Å²) in [5.41, 5.74) is 1.88. The van der Waals surface area contributed by atoms with Gasteiger partial charge in [-0.05, 0) is 68.8 Å². The lowest BCUT2D eigenvalue weighted by Gasteiger charge is -2.15. The Hall–Kier alpha value is -2.53. The molecule has 0 aliphatic heterocycles. The zero-order valence-electron chi connectivity index (χ0n) is 14.3. The largest absolute Gasteiger partial charge is 0.481 e. The van der Waals surface area contributed by atoms with Gasteiger partial charge in [0.1, 0.15) is 5.75 Å². The summed E-state index contributed by atoms with van der Waals surface area (Å²) >= 11 is 5.97. The highest BCUT2D eigenvalue weighted by atomic mass is 35.5. The fraction of sp³-hybridized carbons (Fsp3) is 0.263. The molecule has 5 nitrogen and oxygen atoms in total. The van der Waals surface area contributed by atoms with Crippen LogP contribution in [0.1, 0.15) is 29.8 Å². The van der Waals surface area contributed by atoms with E-state index in [2.05, 4.69) is 5.32 Å². The zero-order chi connectivity index (χ0) is 18.4. The molecule has 0 aliphatic rings. The van der Waals surface area contributed by atoms with Crippen molar-refractivity contribution in [2.45, 2.75) is 26.9 Å². The van der Waals surface area contributed by atoms with Crippen molar-refractivity contribution in [3.05, 3.63) is 58.6 Å². The highest BCUT2D eigenvalue weighted by molar-refractivity contribution is 6.31. The average Bonchev–Trinajstić information content (AvgIpc) is 2.59. The lowest BCUT2D eigenvalue weighted by Crippen LogP contribution is -2.30. The summed E-state index contributed by atoms with van der Waals surface area (Å²) in [6, 6.07) is 11.7. The highest BCUT2D eigenvalue weighted by Gasteiger charge is 2.15. The standard InChI is InChI=1S/C19H20ClNO4/c1-4-24-19(23)14-5-7-15(8-6-14)21-18(22)13(3)25-16-9-10-17(20)12(2)11-16/h5-11,13H,4H2,1-3H3,(H,21,22)/t13-/m0/s1. The highest BCUT2D eigenvalue weighted by Crippen LogP contribution is 2.22. The van der Waals surface area contributed by atoms with Gasteiger partial charge in [0.15, 0.2) is 6.10 Å². The first kappa shape index (κ1) is 18.8. The van der Waals surface area contributed by atoms with Crippen molar-refractivity contribution in [1.82, 2.24) is 0 Å². The molecule has 0 spiro atoms. The molecule has 2 aromatic rings. The summed E-state index contributed by atoms with van der Waals surface area (Å²) in [7, 11) is 0. The van der Waals surface area contributed by atoms with E-state index < -0.39 is 12.1 Å². The number of anilines is 1. The van der Waals surface area contributed by atoms with E-state index in [4.69, 9.17) is 21.1 Å². The number of aryl methyl sites for hydroxylation is 1. The topological polar surface area (TPSA) is 64.6 Å². The molecule has 2 rings (SSSR count). The van der Waals surface area contributed by atoms with Gasteiger partial charge in [-0.3, -0.25) is 4.79 Å². The third-order valence-corrected chi connectivity index (χ3v) is 3.90. The van der Waals surface area contributed by atoms with Crippen LogP contribution in [0.15, 0.2) is 42.5 Å². The maximum Gasteiger partial charge on any atom is 0.338 e. The monoisotopic (exact) mass is 361 g/mol. The number of benzene rings is 2. The van der Waals surface area contributed by atoms with E-state index in [1.54, 1.807) is 56.3 Å². The maximum absolute atomic E-state index is 12.2. The van der Waals surface area contributed by atoms with Crippen LogP contribution in [0.4, 0.5) is 5.69 Å². The molecular formula is C19H20ClNO4. The van der Waals surface area contributed by atoms with E-state index >= 15 is 0 Å². The second-order valence-electron chi connectivity index (χ2n) is 5.46. The molecule has 0 unspecified atom stereocenters. The number of hydrogen-bond acceptors (Lipinski definition) is 4. The lowest BCUT2D eigenvalue weighted by atomic mass is 10.2. The fourth-order valence-electron chi connectivity index (χ4n) is 2.10. The van der Waals surface area contributed by atoms with Crippen LogP contribution < -0.4 is 10.1 Å². The van der Waals surface area contributed by atoms with Crippen LogP contribution in [-0.2, 0) is 9.53 Å². The van der Waals surface area contributed by atoms with Crippen LogP contribution in [-0.4, -0.2) is 24.6 Å². The first-order chi connectivity index (χ1) is 11.9. The normalized spacial score (nSPS) is 11.5. The number of nitrogens with one attached hydrogen (secondary N) is 1. The molecule has 1 N–H and O–H groups in total. The minimum absolute atomic E-state index is 0.295. The van der Waals surface area contributed by atoms with Gasteiger partial charge < -0.3 is 14.8 Å². The molecule has 25 heavy (non-hydrogen) atoms. The quantitative estimate of drug-likeness (QED) is 0.782. The van der Waals surface area contributed by atoms with Gasteiger partial charge in [-0.15, -0.1) is 0 Å². The summed E-state index contributed by atoms with van der Waals surface area (Å²) in [5, 5.41) is 3.39. The van der Waals surface area contributed by atoms with E-state index in [1.807, 2.05) is 6.92 Å². The fourth-order valence-corrected chi connectivity index (χ4v) is 2.21. The Labute approximate surface area is 151 Å². The number of ether oxygens (including phenoxy) is 2. The van der Waals surface area contributed by atoms with Gasteiger partial charge in [-0.25, -0.2) is 4.79 Å². The van der Waals surface area contributed by atoms with Gasteiger partial charge >= 0.3 is 5.97 Å². The lowest BCUT2D eigenvalue weighted by molar-refractivity contribution is -0.122. The van der Waals surface area contributed by atoms with Crippen molar-refractivity contribution in [3.63, 3.8) is 0 Å². The summed E-state index contributed by atoms with van der Waals surface area (Å²) in [5.74, 6) is -0.117. The number of esters is 1. The molecular weight excluding hydrogens is 342 g/mol. The van der Waals surface area contributed by atoms with Gasteiger partial charge in [0.25, 0.3) is 5.91 Å². The average molecular weight is 362 g/mol. The molecule has 2 aromatic carbocycles. The number of halogens is 1. The van der Waals surface area contributed by atoms with Gasteiger partial charge in [0.05, 0.1) is 12.2 Å². The Kier molecular flexibility index (Phi) is 6.42. The third kappa shape index (κ3) is 5.22. The Balaban J connectivity index is 1.96. The predicted molar refractivity (Wildman–Crippen MR) is 97.3 cm³/mol. The molecule has 132 valence electrons. The van der Waals surface area contributed by atoms with Crippen LogP contribution in [0.3, 0.4) is 0 Å². The van der Waals surface area contributed by atoms with E-state index in [-0.39, 0.29) is 5.91 Å². The van der Waals surface area contributed by atoms with Crippen molar-refractivity contribution >= 4 is 29.2 Å². The maximum atomic E-state index is 12.2. The Morgan fingerprint density at radius 1 is 1.16 bits per heavy atom. The molecule has 0 saturated carbocycles. The van der Waals surface area contributed by atoms with Crippen molar-refractivity contribution in [2.24, 2.45) is 0 Å². The molecule has 0 heterocycles. The van der Waals surface area contributed by atoms with E-state index in [9.17, 15) is 9.59 Å². The molecule has 0 bridgehead atoms. The van der Waals surface area contributed by atoms with Gasteiger partial charge in [-0.1, -0.05) is 11.6 Å². The van der Waals surface area contributed by atoms with Crippen LogP contribution >= 0.6 is 11.6 Å². The van der Waals surface area contributed by atoms with Crippen molar-refractivity contribution in [3.8, 4) is 5.75 Å². The second kappa shape index (κ2) is 8.53. The minimum atomic E-state index is -0.690. The van der Waals surface area contributed by atoms with Crippen molar-refractivity contribution in [1.29, 1.82) is 0 Å². The number of hydrogen-bond donors (Lipinski definition) is 1. The third-order valence-electron chi connectivity index (χ3n) is 3.48. The molecule has 0 aromatic heterocycles. The van der Waals surface area contributed by atoms with Crippen molar-refractivity contribution in [2.75, 3.05) is 11.9 Å². The van der Waals surface area contributed by atoms with E-state index in [1.165, 1.54) is 0 Å². The van der Waals surface area contributed by atoms with Crippen LogP contribution in [0.5, 0.6) is 5.75 Å². The second-order valence-corrected chi connectivity index (χ2v) is 5.87. The van der Waals surface area contributed by atoms with Crippen LogP contribution in [0.25, 0.3) is 0 Å². The molecule has 0 radical (unpaired) electrons. The smallest absolute Gasteiger partial charge is 0.338 e. The molecule has 6 heteroatoms. The van der Waals surface area contributed by atoms with Crippen LogP contribution in [0, 0.1) is 6.92 Å².